The van der Waals surface area contributed by atoms with Gasteiger partial charge in [0.1, 0.15) is 11.4 Å². The van der Waals surface area contributed by atoms with Crippen molar-refractivity contribution in [2.75, 3.05) is 19.0 Å². The number of amides is 1. The molecule has 144 valence electrons. The molecule has 0 fully saturated rings. The number of hydrogen-bond donors (Lipinski definition) is 2. The molecule has 2 aromatic carbocycles. The summed E-state index contributed by atoms with van der Waals surface area (Å²) < 4.78 is 5.34. The van der Waals surface area contributed by atoms with Crippen molar-refractivity contribution >= 4 is 11.9 Å². The predicted molar refractivity (Wildman–Crippen MR) is 110 cm³/mol. The fourth-order valence-electron chi connectivity index (χ4n) is 2.88. The van der Waals surface area contributed by atoms with E-state index in [0.717, 1.165) is 16.9 Å². The van der Waals surface area contributed by atoms with Gasteiger partial charge in [-0.1, -0.05) is 48.5 Å². The zero-order chi connectivity index (χ0) is 19.8. The van der Waals surface area contributed by atoms with Gasteiger partial charge >= 0.3 is 0 Å². The predicted octanol–water partition coefficient (Wildman–Crippen LogP) is 3.63. The Bertz CT molecular complexity index is 915. The summed E-state index contributed by atoms with van der Waals surface area (Å²) >= 11 is 0. The van der Waals surface area contributed by atoms with Gasteiger partial charge in [0.2, 0.25) is 5.95 Å². The van der Waals surface area contributed by atoms with Gasteiger partial charge in [0.05, 0.1) is 13.2 Å². The molecule has 1 amide bonds. The molecule has 3 rings (SSSR count). The number of carbonyl (C=O) groups is 1. The molecule has 0 saturated heterocycles. The van der Waals surface area contributed by atoms with Crippen LogP contribution in [0.4, 0.5) is 5.95 Å². The highest BCUT2D eigenvalue weighted by Crippen LogP contribution is 2.18. The smallest absolute Gasteiger partial charge is 0.270 e. The van der Waals surface area contributed by atoms with E-state index in [9.17, 15) is 4.79 Å². The third-order valence-electron chi connectivity index (χ3n) is 4.41. The number of methoxy groups -OCH3 is 1. The van der Waals surface area contributed by atoms with Gasteiger partial charge in [-0.2, -0.15) is 0 Å². The molecule has 1 aromatic heterocycles. The van der Waals surface area contributed by atoms with Crippen molar-refractivity contribution in [3.8, 4) is 5.75 Å². The van der Waals surface area contributed by atoms with E-state index in [2.05, 4.69) is 20.6 Å². The maximum Gasteiger partial charge on any atom is 0.270 e. The Morgan fingerprint density at radius 1 is 1.07 bits per heavy atom. The molecule has 1 atom stereocenters. The number of carbonyl (C=O) groups excluding carboxylic acids is 1. The van der Waals surface area contributed by atoms with Crippen LogP contribution in [0.25, 0.3) is 0 Å². The van der Waals surface area contributed by atoms with Crippen LogP contribution >= 0.6 is 0 Å². The largest absolute Gasteiger partial charge is 0.496 e. The monoisotopic (exact) mass is 376 g/mol. The van der Waals surface area contributed by atoms with E-state index >= 15 is 0 Å². The van der Waals surface area contributed by atoms with E-state index in [1.807, 2.05) is 61.5 Å². The van der Waals surface area contributed by atoms with Crippen molar-refractivity contribution in [3.05, 3.63) is 83.7 Å². The molecule has 0 spiro atoms. The molecule has 1 unspecified atom stereocenters. The lowest BCUT2D eigenvalue weighted by Crippen LogP contribution is -2.27. The number of aromatic nitrogens is 2. The second-order valence-electron chi connectivity index (χ2n) is 6.36. The van der Waals surface area contributed by atoms with Gasteiger partial charge in [-0.25, -0.2) is 9.97 Å². The average Bonchev–Trinajstić information content (AvgIpc) is 2.74. The first kappa shape index (κ1) is 19.4. The summed E-state index contributed by atoms with van der Waals surface area (Å²) in [5, 5.41) is 6.13. The van der Waals surface area contributed by atoms with Crippen molar-refractivity contribution in [3.63, 3.8) is 0 Å². The van der Waals surface area contributed by atoms with Crippen LogP contribution in [0.5, 0.6) is 5.75 Å². The maximum atomic E-state index is 12.4. The second-order valence-corrected chi connectivity index (χ2v) is 6.36. The number of anilines is 1. The van der Waals surface area contributed by atoms with Gasteiger partial charge in [0.25, 0.3) is 5.91 Å². The van der Waals surface area contributed by atoms with E-state index in [0.29, 0.717) is 24.6 Å². The standard InChI is InChI=1S/C22H24N4O2/c1-16(17-8-4-3-5-9-17)25-22-24-15-13-19(26-22)21(27)23-14-12-18-10-6-7-11-20(18)28-2/h3-11,13,15-16H,12,14H2,1-2H3,(H,23,27)(H,24,25,26). The third-order valence-corrected chi connectivity index (χ3v) is 4.41. The zero-order valence-electron chi connectivity index (χ0n) is 16.1. The highest BCUT2D eigenvalue weighted by molar-refractivity contribution is 5.92. The van der Waals surface area contributed by atoms with Gasteiger partial charge < -0.3 is 15.4 Å². The van der Waals surface area contributed by atoms with Crippen LogP contribution < -0.4 is 15.4 Å². The lowest BCUT2D eigenvalue weighted by Gasteiger charge is -2.14. The topological polar surface area (TPSA) is 76.1 Å². The number of hydrogen-bond acceptors (Lipinski definition) is 5. The Kier molecular flexibility index (Phi) is 6.57. The van der Waals surface area contributed by atoms with Gasteiger partial charge in [0.15, 0.2) is 0 Å². The molecule has 6 nitrogen and oxygen atoms in total. The van der Waals surface area contributed by atoms with Crippen molar-refractivity contribution in [2.45, 2.75) is 19.4 Å². The first-order valence-electron chi connectivity index (χ1n) is 9.22. The van der Waals surface area contributed by atoms with E-state index in [1.54, 1.807) is 19.4 Å². The molecule has 0 saturated carbocycles. The number of rotatable bonds is 8. The average molecular weight is 376 g/mol. The van der Waals surface area contributed by atoms with Gasteiger partial charge in [-0.3, -0.25) is 4.79 Å². The Balaban J connectivity index is 1.58. The molecule has 0 bridgehead atoms. The van der Waals surface area contributed by atoms with Crippen LogP contribution in [0.1, 0.15) is 34.6 Å². The normalized spacial score (nSPS) is 11.5. The number of nitrogens with zero attached hydrogens (tertiary/aromatic N) is 2. The Hall–Kier alpha value is -3.41. The van der Waals surface area contributed by atoms with Crippen molar-refractivity contribution in [1.29, 1.82) is 0 Å². The highest BCUT2D eigenvalue weighted by Gasteiger charge is 2.11. The molecule has 0 aliphatic heterocycles. The fourth-order valence-corrected chi connectivity index (χ4v) is 2.88. The number of nitrogens with one attached hydrogen (secondary N) is 2. The quantitative estimate of drug-likeness (QED) is 0.628. The highest BCUT2D eigenvalue weighted by atomic mass is 16.5. The number of ether oxygens (including phenoxy) is 1. The van der Waals surface area contributed by atoms with Crippen LogP contribution in [0, 0.1) is 0 Å². The number of benzene rings is 2. The van der Waals surface area contributed by atoms with Crippen LogP contribution in [0.15, 0.2) is 66.9 Å². The minimum absolute atomic E-state index is 0.0325. The van der Waals surface area contributed by atoms with Crippen LogP contribution in [-0.4, -0.2) is 29.5 Å². The first-order chi connectivity index (χ1) is 13.7. The molecule has 28 heavy (non-hydrogen) atoms. The Labute approximate surface area is 165 Å². The lowest BCUT2D eigenvalue weighted by atomic mass is 10.1. The van der Waals surface area contributed by atoms with Crippen LogP contribution in [0.3, 0.4) is 0 Å². The minimum Gasteiger partial charge on any atom is -0.496 e. The molecular formula is C22H24N4O2. The van der Waals surface area contributed by atoms with Crippen LogP contribution in [-0.2, 0) is 6.42 Å². The summed E-state index contributed by atoms with van der Waals surface area (Å²) in [6.45, 7) is 2.52. The molecule has 0 radical (unpaired) electrons. The van der Waals surface area contributed by atoms with E-state index < -0.39 is 0 Å². The molecule has 0 aliphatic rings. The first-order valence-corrected chi connectivity index (χ1v) is 9.22. The van der Waals surface area contributed by atoms with Gasteiger partial charge in [-0.05, 0) is 36.6 Å². The summed E-state index contributed by atoms with van der Waals surface area (Å²) in [7, 11) is 1.64. The molecule has 0 aliphatic carbocycles. The Morgan fingerprint density at radius 3 is 2.61 bits per heavy atom. The van der Waals surface area contributed by atoms with Gasteiger partial charge in [-0.15, -0.1) is 0 Å². The fraction of sp³-hybridized carbons (Fsp3) is 0.227. The summed E-state index contributed by atoms with van der Waals surface area (Å²) in [5.41, 5.74) is 2.50. The molecule has 1 heterocycles. The lowest BCUT2D eigenvalue weighted by molar-refractivity contribution is 0.0949. The maximum absolute atomic E-state index is 12.4. The van der Waals surface area contributed by atoms with Crippen LogP contribution in [0.2, 0.25) is 0 Å². The van der Waals surface area contributed by atoms with Crippen molar-refractivity contribution in [1.82, 2.24) is 15.3 Å². The summed E-state index contributed by atoms with van der Waals surface area (Å²) in [5.74, 6) is 1.02. The molecule has 3 aromatic rings. The van der Waals surface area contributed by atoms with Gasteiger partial charge in [0, 0.05) is 12.7 Å². The zero-order valence-corrected chi connectivity index (χ0v) is 16.1. The minimum atomic E-state index is -0.229. The second kappa shape index (κ2) is 9.50. The Morgan fingerprint density at radius 2 is 1.82 bits per heavy atom. The van der Waals surface area contributed by atoms with E-state index in [4.69, 9.17) is 4.74 Å². The molecule has 6 heteroatoms. The SMILES string of the molecule is COc1ccccc1CCNC(=O)c1ccnc(NC(C)c2ccccc2)n1. The number of para-hydroxylation sites is 1. The third kappa shape index (κ3) is 5.07. The van der Waals surface area contributed by atoms with Crippen molar-refractivity contribution in [2.24, 2.45) is 0 Å². The molecular weight excluding hydrogens is 352 g/mol. The van der Waals surface area contributed by atoms with E-state index in [-0.39, 0.29) is 11.9 Å². The summed E-state index contributed by atoms with van der Waals surface area (Å²) in [6, 6.07) is 19.4. The summed E-state index contributed by atoms with van der Waals surface area (Å²) in [4.78, 5) is 21.0. The van der Waals surface area contributed by atoms with E-state index in [1.165, 1.54) is 0 Å². The molecule has 2 N–H and O–H groups in total. The summed E-state index contributed by atoms with van der Waals surface area (Å²) in [6.07, 6.45) is 2.26. The van der Waals surface area contributed by atoms with Crippen molar-refractivity contribution < 1.29 is 9.53 Å².